The van der Waals surface area contributed by atoms with Crippen molar-refractivity contribution in [2.75, 3.05) is 5.73 Å². The monoisotopic (exact) mass is 256 g/mol. The maximum atomic E-state index is 5.56. The minimum Gasteiger partial charge on any atom is -0.383 e. The molecule has 0 aliphatic heterocycles. The molecular formula is C6H7BrCl2N2. The van der Waals surface area contributed by atoms with Gasteiger partial charge < -0.3 is 5.73 Å². The lowest BCUT2D eigenvalue weighted by Gasteiger charge is -1.99. The molecule has 0 radical (unpaired) electrons. The number of hydrogen-bond donors (Lipinski definition) is 1. The van der Waals surface area contributed by atoms with E-state index in [2.05, 4.69) is 20.9 Å². The number of aromatic nitrogens is 1. The van der Waals surface area contributed by atoms with Crippen molar-refractivity contribution < 1.29 is 0 Å². The fraction of sp³-hybridized carbons (Fsp3) is 0.167. The Labute approximate surface area is 84.7 Å². The van der Waals surface area contributed by atoms with Crippen LogP contribution in [0.1, 0.15) is 5.56 Å². The van der Waals surface area contributed by atoms with Crippen molar-refractivity contribution in [2.24, 2.45) is 0 Å². The van der Waals surface area contributed by atoms with Gasteiger partial charge in [-0.15, -0.1) is 24.0 Å². The van der Waals surface area contributed by atoms with Gasteiger partial charge in [0.2, 0.25) is 0 Å². The average molecular weight is 258 g/mol. The van der Waals surface area contributed by atoms with E-state index in [9.17, 15) is 0 Å². The number of halogens is 3. The van der Waals surface area contributed by atoms with Crippen LogP contribution in [-0.2, 0) is 5.88 Å². The van der Waals surface area contributed by atoms with E-state index in [4.69, 9.17) is 17.3 Å². The van der Waals surface area contributed by atoms with E-state index in [1.807, 2.05) is 6.07 Å². The molecule has 1 aromatic heterocycles. The fourth-order valence-corrected chi connectivity index (χ4v) is 1.19. The highest BCUT2D eigenvalue weighted by Gasteiger charge is 1.97. The molecule has 0 saturated carbocycles. The van der Waals surface area contributed by atoms with Crippen LogP contribution in [-0.4, -0.2) is 4.98 Å². The number of hydrogen-bond acceptors (Lipinski definition) is 2. The molecule has 62 valence electrons. The molecule has 0 saturated heterocycles. The van der Waals surface area contributed by atoms with Crippen LogP contribution >= 0.6 is 39.9 Å². The number of nitrogen functional groups attached to an aromatic ring is 1. The third-order valence-corrected chi connectivity index (χ3v) is 1.83. The third kappa shape index (κ3) is 2.85. The first-order chi connectivity index (χ1) is 4.74. The Hall–Kier alpha value is 0.01000. The molecule has 0 atom stereocenters. The second-order valence-corrected chi connectivity index (χ2v) is 3.01. The lowest BCUT2D eigenvalue weighted by atomic mass is 10.3. The molecule has 0 aliphatic carbocycles. The second-order valence-electron chi connectivity index (χ2n) is 1.83. The first-order valence-electron chi connectivity index (χ1n) is 2.70. The van der Waals surface area contributed by atoms with Gasteiger partial charge in [-0.3, -0.25) is 0 Å². The Morgan fingerprint density at radius 2 is 2.27 bits per heavy atom. The van der Waals surface area contributed by atoms with Crippen molar-refractivity contribution in [2.45, 2.75) is 5.88 Å². The molecule has 11 heavy (non-hydrogen) atoms. The van der Waals surface area contributed by atoms with E-state index in [-0.39, 0.29) is 12.4 Å². The Bertz CT molecular complexity index is 242. The van der Waals surface area contributed by atoms with Crippen LogP contribution in [0.2, 0.25) is 0 Å². The van der Waals surface area contributed by atoms with Gasteiger partial charge in [-0.05, 0) is 22.0 Å². The van der Waals surface area contributed by atoms with Crippen LogP contribution in [0, 0.1) is 0 Å². The van der Waals surface area contributed by atoms with Gasteiger partial charge in [-0.25, -0.2) is 4.98 Å². The molecule has 5 heteroatoms. The quantitative estimate of drug-likeness (QED) is 0.786. The van der Waals surface area contributed by atoms with Crippen molar-refractivity contribution in [1.29, 1.82) is 0 Å². The molecule has 0 unspecified atom stereocenters. The molecular weight excluding hydrogens is 251 g/mol. The van der Waals surface area contributed by atoms with Gasteiger partial charge >= 0.3 is 0 Å². The van der Waals surface area contributed by atoms with Gasteiger partial charge in [-0.2, -0.15) is 0 Å². The van der Waals surface area contributed by atoms with Crippen molar-refractivity contribution >= 4 is 45.8 Å². The van der Waals surface area contributed by atoms with Gasteiger partial charge in [0.1, 0.15) is 5.82 Å². The lowest BCUT2D eigenvalue weighted by Crippen LogP contribution is -1.94. The molecule has 1 rings (SSSR count). The zero-order valence-electron chi connectivity index (χ0n) is 5.55. The molecule has 0 aromatic carbocycles. The smallest absolute Gasteiger partial charge is 0.127 e. The highest BCUT2D eigenvalue weighted by Crippen LogP contribution is 2.16. The van der Waals surface area contributed by atoms with Crippen LogP contribution in [0.5, 0.6) is 0 Å². The molecule has 1 aromatic rings. The first-order valence-corrected chi connectivity index (χ1v) is 4.02. The zero-order chi connectivity index (χ0) is 7.56. The average Bonchev–Trinajstić information content (AvgIpc) is 1.94. The van der Waals surface area contributed by atoms with E-state index in [0.717, 1.165) is 10.0 Å². The van der Waals surface area contributed by atoms with Crippen LogP contribution in [0.4, 0.5) is 5.82 Å². The van der Waals surface area contributed by atoms with E-state index < -0.39 is 0 Å². The number of nitrogens with zero attached hydrogens (tertiary/aromatic N) is 1. The fourth-order valence-electron chi connectivity index (χ4n) is 0.599. The minimum atomic E-state index is 0. The summed E-state index contributed by atoms with van der Waals surface area (Å²) in [6, 6.07) is 1.86. The summed E-state index contributed by atoms with van der Waals surface area (Å²) in [6.45, 7) is 0. The van der Waals surface area contributed by atoms with E-state index >= 15 is 0 Å². The Balaban J connectivity index is 0.000001000. The Morgan fingerprint density at radius 3 is 2.73 bits per heavy atom. The summed E-state index contributed by atoms with van der Waals surface area (Å²) in [5.41, 5.74) is 6.34. The summed E-state index contributed by atoms with van der Waals surface area (Å²) in [5, 5.41) is 0. The molecule has 0 bridgehead atoms. The zero-order valence-corrected chi connectivity index (χ0v) is 8.71. The molecule has 0 aliphatic rings. The van der Waals surface area contributed by atoms with Crippen molar-refractivity contribution in [3.63, 3.8) is 0 Å². The van der Waals surface area contributed by atoms with Crippen LogP contribution in [0.25, 0.3) is 0 Å². The molecule has 0 amide bonds. The van der Waals surface area contributed by atoms with Crippen LogP contribution < -0.4 is 5.73 Å². The molecule has 0 spiro atoms. The number of rotatable bonds is 1. The number of pyridine rings is 1. The highest BCUT2D eigenvalue weighted by molar-refractivity contribution is 9.10. The number of anilines is 1. The first kappa shape index (κ1) is 11.0. The maximum Gasteiger partial charge on any atom is 0.127 e. The normalized spacial score (nSPS) is 8.91. The second kappa shape index (κ2) is 4.80. The number of alkyl halides is 1. The van der Waals surface area contributed by atoms with Crippen LogP contribution in [0.15, 0.2) is 16.7 Å². The Morgan fingerprint density at radius 1 is 1.64 bits per heavy atom. The Kier molecular flexibility index (Phi) is 4.81. The summed E-state index contributed by atoms with van der Waals surface area (Å²) >= 11 is 8.82. The highest BCUT2D eigenvalue weighted by atomic mass is 79.9. The van der Waals surface area contributed by atoms with Crippen LogP contribution in [0.3, 0.4) is 0 Å². The minimum absolute atomic E-state index is 0. The largest absolute Gasteiger partial charge is 0.383 e. The van der Waals surface area contributed by atoms with E-state index in [0.29, 0.717) is 11.7 Å². The summed E-state index contributed by atoms with van der Waals surface area (Å²) in [5.74, 6) is 0.899. The van der Waals surface area contributed by atoms with Crippen molar-refractivity contribution in [1.82, 2.24) is 4.98 Å². The predicted octanol–water partition coefficient (Wildman–Crippen LogP) is 2.59. The van der Waals surface area contributed by atoms with Crippen molar-refractivity contribution in [3.8, 4) is 0 Å². The standard InChI is InChI=1S/C6H6BrClN2.ClH/c7-5-1-4(2-8)6(9)10-3-5;/h1,3H,2H2,(H2,9,10);1H. The van der Waals surface area contributed by atoms with E-state index in [1.165, 1.54) is 0 Å². The van der Waals surface area contributed by atoms with Gasteiger partial charge in [0, 0.05) is 16.2 Å². The summed E-state index contributed by atoms with van der Waals surface area (Å²) < 4.78 is 0.900. The summed E-state index contributed by atoms with van der Waals surface area (Å²) in [4.78, 5) is 3.90. The topological polar surface area (TPSA) is 38.9 Å². The molecule has 0 fully saturated rings. The van der Waals surface area contributed by atoms with Gasteiger partial charge in [-0.1, -0.05) is 0 Å². The lowest BCUT2D eigenvalue weighted by molar-refractivity contribution is 1.24. The SMILES string of the molecule is Cl.Nc1ncc(Br)cc1CCl. The van der Waals surface area contributed by atoms with Gasteiger partial charge in [0.15, 0.2) is 0 Å². The predicted molar refractivity (Wildman–Crippen MR) is 53.2 cm³/mol. The van der Waals surface area contributed by atoms with Gasteiger partial charge in [0.05, 0.1) is 5.88 Å². The summed E-state index contributed by atoms with van der Waals surface area (Å²) in [6.07, 6.45) is 1.64. The summed E-state index contributed by atoms with van der Waals surface area (Å²) in [7, 11) is 0. The molecule has 2 nitrogen and oxygen atoms in total. The number of nitrogens with two attached hydrogens (primary N) is 1. The maximum absolute atomic E-state index is 5.56. The van der Waals surface area contributed by atoms with E-state index in [1.54, 1.807) is 6.20 Å². The molecule has 2 N–H and O–H groups in total. The molecule has 1 heterocycles. The van der Waals surface area contributed by atoms with Crippen molar-refractivity contribution in [3.05, 3.63) is 22.3 Å². The third-order valence-electron chi connectivity index (χ3n) is 1.11. The van der Waals surface area contributed by atoms with Gasteiger partial charge in [0.25, 0.3) is 0 Å².